The third kappa shape index (κ3) is 3.83. The molecule has 4 rings (SSSR count). The first-order valence-corrected chi connectivity index (χ1v) is 9.38. The normalized spacial score (nSPS) is 17.9. The van der Waals surface area contributed by atoms with Crippen molar-refractivity contribution in [1.29, 1.82) is 0 Å². The van der Waals surface area contributed by atoms with E-state index in [1.165, 1.54) is 5.69 Å². The lowest BCUT2D eigenvalue weighted by Gasteiger charge is -2.37. The third-order valence-corrected chi connectivity index (χ3v) is 5.27. The van der Waals surface area contributed by atoms with Crippen LogP contribution in [0.1, 0.15) is 0 Å². The van der Waals surface area contributed by atoms with Crippen LogP contribution in [-0.4, -0.2) is 57.4 Å². The number of nitrogens with zero attached hydrogens (tertiary/aromatic N) is 4. The molecule has 2 saturated heterocycles. The Kier molecular flexibility index (Phi) is 5.11. The standard InChI is InChI=1S/C20H24N4O3/c25-24(26)19-7-6-18(22-12-14-27-15-13-22)16-20(19)23-10-8-21(9-11-23)17-4-2-1-3-5-17/h1-7,16H,8-15H2. The number of piperazine rings is 1. The van der Waals surface area contributed by atoms with Gasteiger partial charge < -0.3 is 19.4 Å². The number of nitro benzene ring substituents is 1. The Hall–Kier alpha value is -2.80. The van der Waals surface area contributed by atoms with Crippen LogP contribution >= 0.6 is 0 Å². The van der Waals surface area contributed by atoms with Crippen LogP contribution in [0.3, 0.4) is 0 Å². The van der Waals surface area contributed by atoms with Crippen molar-refractivity contribution in [2.24, 2.45) is 0 Å². The molecule has 2 fully saturated rings. The SMILES string of the molecule is O=[N+]([O-])c1ccc(N2CCOCC2)cc1N1CCN(c2ccccc2)CC1. The van der Waals surface area contributed by atoms with Crippen molar-refractivity contribution in [3.63, 3.8) is 0 Å². The quantitative estimate of drug-likeness (QED) is 0.611. The molecule has 0 unspecified atom stereocenters. The molecule has 0 aromatic heterocycles. The summed E-state index contributed by atoms with van der Waals surface area (Å²) in [5.41, 5.74) is 3.13. The molecule has 2 aromatic carbocycles. The first kappa shape index (κ1) is 17.6. The molecule has 2 heterocycles. The Morgan fingerprint density at radius 1 is 0.778 bits per heavy atom. The molecule has 7 nitrogen and oxygen atoms in total. The minimum atomic E-state index is -0.276. The fraction of sp³-hybridized carbons (Fsp3) is 0.400. The van der Waals surface area contributed by atoms with Gasteiger partial charge in [-0.2, -0.15) is 0 Å². The molecule has 0 amide bonds. The van der Waals surface area contributed by atoms with E-state index in [-0.39, 0.29) is 10.6 Å². The highest BCUT2D eigenvalue weighted by Gasteiger charge is 2.25. The number of ether oxygens (including phenoxy) is 1. The van der Waals surface area contributed by atoms with E-state index in [1.54, 1.807) is 6.07 Å². The van der Waals surface area contributed by atoms with Crippen LogP contribution in [0.15, 0.2) is 48.5 Å². The maximum absolute atomic E-state index is 11.6. The summed E-state index contributed by atoms with van der Waals surface area (Å²) in [4.78, 5) is 18.0. The van der Waals surface area contributed by atoms with Gasteiger partial charge in [0, 0.05) is 56.7 Å². The lowest BCUT2D eigenvalue weighted by Crippen LogP contribution is -2.46. The van der Waals surface area contributed by atoms with E-state index in [4.69, 9.17) is 4.74 Å². The summed E-state index contributed by atoms with van der Waals surface area (Å²) in [5, 5.41) is 11.6. The lowest BCUT2D eigenvalue weighted by atomic mass is 10.1. The second kappa shape index (κ2) is 7.84. The van der Waals surface area contributed by atoms with Crippen molar-refractivity contribution < 1.29 is 9.66 Å². The summed E-state index contributed by atoms with van der Waals surface area (Å²) < 4.78 is 5.42. The van der Waals surface area contributed by atoms with Gasteiger partial charge in [-0.25, -0.2) is 0 Å². The molecular weight excluding hydrogens is 344 g/mol. The number of benzene rings is 2. The van der Waals surface area contributed by atoms with Crippen molar-refractivity contribution >= 4 is 22.7 Å². The van der Waals surface area contributed by atoms with Gasteiger partial charge in [0.05, 0.1) is 18.1 Å². The number of rotatable bonds is 4. The zero-order valence-corrected chi connectivity index (χ0v) is 15.3. The summed E-state index contributed by atoms with van der Waals surface area (Å²) in [6.45, 7) is 6.26. The molecule has 0 saturated carbocycles. The summed E-state index contributed by atoms with van der Waals surface area (Å²) in [5.74, 6) is 0. The molecular formula is C20H24N4O3. The molecule has 142 valence electrons. The Balaban J connectivity index is 1.54. The minimum absolute atomic E-state index is 0.181. The largest absolute Gasteiger partial charge is 0.378 e. The molecule has 7 heteroatoms. The monoisotopic (exact) mass is 368 g/mol. The highest BCUT2D eigenvalue weighted by atomic mass is 16.6. The van der Waals surface area contributed by atoms with Gasteiger partial charge in [-0.15, -0.1) is 0 Å². The molecule has 0 atom stereocenters. The van der Waals surface area contributed by atoms with Gasteiger partial charge in [0.2, 0.25) is 0 Å². The fourth-order valence-corrected chi connectivity index (χ4v) is 3.78. The maximum Gasteiger partial charge on any atom is 0.292 e. The Morgan fingerprint density at radius 3 is 2.07 bits per heavy atom. The predicted molar refractivity (Wildman–Crippen MR) is 107 cm³/mol. The van der Waals surface area contributed by atoms with E-state index in [1.807, 2.05) is 30.3 Å². The number of para-hydroxylation sites is 1. The van der Waals surface area contributed by atoms with Gasteiger partial charge in [0.25, 0.3) is 5.69 Å². The molecule has 2 aliphatic rings. The number of nitro groups is 1. The van der Waals surface area contributed by atoms with Gasteiger partial charge in [-0.3, -0.25) is 10.1 Å². The molecule has 0 radical (unpaired) electrons. The highest BCUT2D eigenvalue weighted by Crippen LogP contribution is 2.34. The van der Waals surface area contributed by atoms with E-state index >= 15 is 0 Å². The van der Waals surface area contributed by atoms with Gasteiger partial charge in [0.15, 0.2) is 0 Å². The second-order valence-corrected chi connectivity index (χ2v) is 6.84. The molecule has 0 bridgehead atoms. The predicted octanol–water partition coefficient (Wildman–Crippen LogP) is 2.76. The van der Waals surface area contributed by atoms with Crippen LogP contribution in [0.5, 0.6) is 0 Å². The Morgan fingerprint density at radius 2 is 1.41 bits per heavy atom. The van der Waals surface area contributed by atoms with Gasteiger partial charge in [-0.1, -0.05) is 18.2 Å². The average Bonchev–Trinajstić information content (AvgIpc) is 2.74. The molecule has 0 N–H and O–H groups in total. The molecule has 27 heavy (non-hydrogen) atoms. The third-order valence-electron chi connectivity index (χ3n) is 5.27. The number of morpholine rings is 1. The number of hydrogen-bond acceptors (Lipinski definition) is 6. The molecule has 0 spiro atoms. The van der Waals surface area contributed by atoms with Crippen LogP contribution in [0.2, 0.25) is 0 Å². The summed E-state index contributed by atoms with van der Waals surface area (Å²) in [6, 6.07) is 15.8. The van der Waals surface area contributed by atoms with Crippen molar-refractivity contribution in [2.45, 2.75) is 0 Å². The van der Waals surface area contributed by atoms with Crippen molar-refractivity contribution in [3.8, 4) is 0 Å². The first-order valence-electron chi connectivity index (χ1n) is 9.38. The van der Waals surface area contributed by atoms with E-state index in [9.17, 15) is 10.1 Å². The molecule has 0 aliphatic carbocycles. The van der Waals surface area contributed by atoms with E-state index in [2.05, 4.69) is 26.8 Å². The summed E-state index contributed by atoms with van der Waals surface area (Å²) in [7, 11) is 0. The van der Waals surface area contributed by atoms with Gasteiger partial charge in [0.1, 0.15) is 5.69 Å². The van der Waals surface area contributed by atoms with E-state index < -0.39 is 0 Å². The zero-order valence-electron chi connectivity index (χ0n) is 15.3. The highest BCUT2D eigenvalue weighted by molar-refractivity contribution is 5.71. The second-order valence-electron chi connectivity index (χ2n) is 6.84. The number of anilines is 3. The molecule has 2 aromatic rings. The maximum atomic E-state index is 11.6. The fourth-order valence-electron chi connectivity index (χ4n) is 3.78. The lowest BCUT2D eigenvalue weighted by molar-refractivity contribution is -0.384. The van der Waals surface area contributed by atoms with Crippen LogP contribution in [0.25, 0.3) is 0 Å². The van der Waals surface area contributed by atoms with Crippen molar-refractivity contribution in [3.05, 3.63) is 58.6 Å². The van der Waals surface area contributed by atoms with Crippen LogP contribution in [-0.2, 0) is 4.74 Å². The Bertz CT molecular complexity index is 785. The van der Waals surface area contributed by atoms with Gasteiger partial charge >= 0.3 is 0 Å². The van der Waals surface area contributed by atoms with E-state index in [0.29, 0.717) is 13.2 Å². The zero-order chi connectivity index (χ0) is 18.6. The number of hydrogen-bond donors (Lipinski definition) is 0. The summed E-state index contributed by atoms with van der Waals surface area (Å²) >= 11 is 0. The Labute approximate surface area is 158 Å². The first-order chi connectivity index (χ1) is 13.2. The minimum Gasteiger partial charge on any atom is -0.378 e. The van der Waals surface area contributed by atoms with Crippen LogP contribution < -0.4 is 14.7 Å². The summed E-state index contributed by atoms with van der Waals surface area (Å²) in [6.07, 6.45) is 0. The molecule has 2 aliphatic heterocycles. The van der Waals surface area contributed by atoms with Crippen LogP contribution in [0, 0.1) is 10.1 Å². The van der Waals surface area contributed by atoms with Crippen LogP contribution in [0.4, 0.5) is 22.7 Å². The average molecular weight is 368 g/mol. The smallest absolute Gasteiger partial charge is 0.292 e. The van der Waals surface area contributed by atoms with Crippen molar-refractivity contribution in [1.82, 2.24) is 0 Å². The van der Waals surface area contributed by atoms with Gasteiger partial charge in [-0.05, 0) is 24.3 Å². The van der Waals surface area contributed by atoms with E-state index in [0.717, 1.165) is 50.6 Å². The van der Waals surface area contributed by atoms with Crippen molar-refractivity contribution in [2.75, 3.05) is 67.2 Å². The topological polar surface area (TPSA) is 62.1 Å².